The first-order valence-corrected chi connectivity index (χ1v) is 11.3. The minimum Gasteiger partial charge on any atom is -0.488 e. The van der Waals surface area contributed by atoms with Gasteiger partial charge in [0.25, 0.3) is 0 Å². The average Bonchev–Trinajstić information content (AvgIpc) is 3.45. The van der Waals surface area contributed by atoms with Crippen LogP contribution >= 0.6 is 0 Å². The van der Waals surface area contributed by atoms with Crippen molar-refractivity contribution in [1.29, 1.82) is 0 Å². The van der Waals surface area contributed by atoms with E-state index in [0.717, 1.165) is 24.9 Å². The van der Waals surface area contributed by atoms with E-state index in [1.165, 1.54) is 0 Å². The van der Waals surface area contributed by atoms with Gasteiger partial charge in [0.05, 0.1) is 0 Å². The Balaban J connectivity index is 1.23. The number of halogens is 3. The monoisotopic (exact) mass is 489 g/mol. The van der Waals surface area contributed by atoms with Crippen LogP contribution in [0.5, 0.6) is 5.75 Å². The number of hydrogen-bond acceptors (Lipinski definition) is 6. The summed E-state index contributed by atoms with van der Waals surface area (Å²) < 4.78 is 48.3. The van der Waals surface area contributed by atoms with E-state index in [4.69, 9.17) is 4.74 Å². The van der Waals surface area contributed by atoms with E-state index in [9.17, 15) is 18.0 Å². The minimum absolute atomic E-state index is 0.00996. The molecule has 0 unspecified atom stereocenters. The van der Waals surface area contributed by atoms with Crippen molar-refractivity contribution in [3.8, 4) is 17.1 Å². The molecular formula is C24H26F3N5O3. The fourth-order valence-electron chi connectivity index (χ4n) is 3.91. The number of unbranched alkanes of at least 4 members (excludes halogenated alkanes) is 1. The molecule has 0 N–H and O–H groups in total. The number of amides is 2. The molecule has 35 heavy (non-hydrogen) atoms. The van der Waals surface area contributed by atoms with Gasteiger partial charge in [-0.15, -0.1) is 0 Å². The lowest BCUT2D eigenvalue weighted by molar-refractivity contribution is -0.159. The number of anilines is 1. The second kappa shape index (κ2) is 9.93. The second-order valence-corrected chi connectivity index (χ2v) is 8.89. The number of alkyl halides is 3. The van der Waals surface area contributed by atoms with Crippen LogP contribution < -0.4 is 9.64 Å². The van der Waals surface area contributed by atoms with Gasteiger partial charge in [0.2, 0.25) is 5.82 Å². The molecule has 1 aromatic carbocycles. The molecule has 1 aliphatic rings. The summed E-state index contributed by atoms with van der Waals surface area (Å²) in [6.45, 7) is 5.98. The van der Waals surface area contributed by atoms with Crippen LogP contribution in [0.3, 0.4) is 0 Å². The first kappa shape index (κ1) is 24.5. The van der Waals surface area contributed by atoms with E-state index in [1.807, 2.05) is 30.9 Å². The van der Waals surface area contributed by atoms with Crippen LogP contribution in [0, 0.1) is 0 Å². The lowest BCUT2D eigenvalue weighted by Crippen LogP contribution is -2.33. The third-order valence-electron chi connectivity index (χ3n) is 5.70. The molecule has 186 valence electrons. The van der Waals surface area contributed by atoms with Gasteiger partial charge in [0.15, 0.2) is 0 Å². The van der Waals surface area contributed by atoms with Crippen molar-refractivity contribution in [3.63, 3.8) is 0 Å². The Hall–Kier alpha value is -3.63. The van der Waals surface area contributed by atoms with Crippen molar-refractivity contribution in [3.05, 3.63) is 54.7 Å². The number of benzene rings is 1. The number of nitrogens with zero attached hydrogens (tertiary/aromatic N) is 5. The molecular weight excluding hydrogens is 463 g/mol. The molecule has 1 fully saturated rings. The smallest absolute Gasteiger partial charge is 0.471 e. The first-order chi connectivity index (χ1) is 16.6. The van der Waals surface area contributed by atoms with E-state index in [-0.39, 0.29) is 11.9 Å². The third kappa shape index (κ3) is 6.09. The highest BCUT2D eigenvalue weighted by Crippen LogP contribution is 2.30. The fourth-order valence-corrected chi connectivity index (χ4v) is 3.91. The number of urea groups is 1. The number of carbonyl (C=O) groups excluding carboxylic acids is 1. The average molecular weight is 489 g/mol. The Morgan fingerprint density at radius 3 is 2.40 bits per heavy atom. The summed E-state index contributed by atoms with van der Waals surface area (Å²) in [7, 11) is 0. The summed E-state index contributed by atoms with van der Waals surface area (Å²) in [6, 6.07) is 10.2. The van der Waals surface area contributed by atoms with Crippen molar-refractivity contribution in [2.24, 2.45) is 0 Å². The zero-order valence-corrected chi connectivity index (χ0v) is 19.5. The van der Waals surface area contributed by atoms with Gasteiger partial charge in [-0.2, -0.15) is 18.2 Å². The number of ether oxygens (including phenoxy) is 1. The van der Waals surface area contributed by atoms with Crippen LogP contribution in [0.4, 0.5) is 23.7 Å². The zero-order chi connectivity index (χ0) is 25.1. The van der Waals surface area contributed by atoms with Crippen molar-refractivity contribution >= 4 is 11.7 Å². The third-order valence-corrected chi connectivity index (χ3v) is 5.70. The SMILES string of the molecule is CC(C)(CCCCN1CCN(c2ccncc2)C1=O)Oc1ccc(-c2noc(C(F)(F)F)n2)cc1. The molecule has 1 aliphatic heterocycles. The summed E-state index contributed by atoms with van der Waals surface area (Å²) in [4.78, 5) is 23.7. The maximum Gasteiger partial charge on any atom is 0.471 e. The molecule has 3 aromatic rings. The van der Waals surface area contributed by atoms with Gasteiger partial charge in [0, 0.05) is 43.3 Å². The molecule has 0 spiro atoms. The summed E-state index contributed by atoms with van der Waals surface area (Å²) in [5.41, 5.74) is 0.786. The van der Waals surface area contributed by atoms with Crippen molar-refractivity contribution in [1.82, 2.24) is 20.0 Å². The molecule has 0 aliphatic carbocycles. The number of carbonyl (C=O) groups is 1. The zero-order valence-electron chi connectivity index (χ0n) is 19.5. The molecule has 2 amide bonds. The maximum absolute atomic E-state index is 12.7. The van der Waals surface area contributed by atoms with Gasteiger partial charge in [-0.3, -0.25) is 9.88 Å². The summed E-state index contributed by atoms with van der Waals surface area (Å²) in [5.74, 6) is -0.933. The summed E-state index contributed by atoms with van der Waals surface area (Å²) in [6.07, 6.45) is 1.16. The fraction of sp³-hybridized carbons (Fsp3) is 0.417. The first-order valence-electron chi connectivity index (χ1n) is 11.3. The highest BCUT2D eigenvalue weighted by Gasteiger charge is 2.38. The molecule has 0 radical (unpaired) electrons. The maximum atomic E-state index is 12.7. The molecule has 8 nitrogen and oxygen atoms in total. The Kier molecular flexibility index (Phi) is 6.95. The van der Waals surface area contributed by atoms with Crippen LogP contribution in [0.1, 0.15) is 39.0 Å². The van der Waals surface area contributed by atoms with E-state index in [1.54, 1.807) is 41.6 Å². The molecule has 1 saturated heterocycles. The summed E-state index contributed by atoms with van der Waals surface area (Å²) in [5, 5.41) is 3.39. The van der Waals surface area contributed by atoms with Crippen molar-refractivity contribution in [2.75, 3.05) is 24.5 Å². The minimum atomic E-state index is -4.68. The number of pyridine rings is 1. The highest BCUT2D eigenvalue weighted by molar-refractivity contribution is 5.93. The lowest BCUT2D eigenvalue weighted by atomic mass is 10.0. The van der Waals surface area contributed by atoms with Gasteiger partial charge in [-0.1, -0.05) is 5.16 Å². The standard InChI is InChI=1S/C24H26F3N5O3/c1-23(2,11-3-4-14-31-15-16-32(22(31)33)18-9-12-28-13-10-18)34-19-7-5-17(6-8-19)20-29-21(35-30-20)24(25,26)27/h5-10,12-13H,3-4,11,14-16H2,1-2H3. The van der Waals surface area contributed by atoms with Crippen LogP contribution in [-0.2, 0) is 6.18 Å². The van der Waals surface area contributed by atoms with Crippen LogP contribution in [0.15, 0.2) is 53.3 Å². The van der Waals surface area contributed by atoms with E-state index in [0.29, 0.717) is 30.9 Å². The molecule has 11 heteroatoms. The molecule has 0 saturated carbocycles. The number of hydrogen-bond donors (Lipinski definition) is 0. The largest absolute Gasteiger partial charge is 0.488 e. The predicted octanol–water partition coefficient (Wildman–Crippen LogP) is 5.42. The Bertz CT molecular complexity index is 1130. The predicted molar refractivity (Wildman–Crippen MR) is 122 cm³/mol. The van der Waals surface area contributed by atoms with Gasteiger partial charge >= 0.3 is 18.1 Å². The van der Waals surface area contributed by atoms with Gasteiger partial charge < -0.3 is 14.2 Å². The second-order valence-electron chi connectivity index (χ2n) is 8.89. The Morgan fingerprint density at radius 2 is 1.74 bits per heavy atom. The number of aromatic nitrogens is 3. The van der Waals surface area contributed by atoms with Gasteiger partial charge in [-0.05, 0) is 69.5 Å². The van der Waals surface area contributed by atoms with Crippen molar-refractivity contribution in [2.45, 2.75) is 44.9 Å². The van der Waals surface area contributed by atoms with E-state index < -0.39 is 17.7 Å². The lowest BCUT2D eigenvalue weighted by Gasteiger charge is -2.27. The molecule has 4 rings (SSSR count). The topological polar surface area (TPSA) is 84.6 Å². The van der Waals surface area contributed by atoms with E-state index in [2.05, 4.69) is 19.6 Å². The van der Waals surface area contributed by atoms with Crippen LogP contribution in [0.25, 0.3) is 11.4 Å². The normalized spacial score (nSPS) is 14.6. The highest BCUT2D eigenvalue weighted by atomic mass is 19.4. The molecule has 2 aromatic heterocycles. The molecule has 3 heterocycles. The number of rotatable bonds is 9. The van der Waals surface area contributed by atoms with Crippen LogP contribution in [0.2, 0.25) is 0 Å². The molecule has 0 bridgehead atoms. The summed E-state index contributed by atoms with van der Waals surface area (Å²) >= 11 is 0. The van der Waals surface area contributed by atoms with Crippen molar-refractivity contribution < 1.29 is 27.2 Å². The van der Waals surface area contributed by atoms with Gasteiger partial charge in [-0.25, -0.2) is 4.79 Å². The van der Waals surface area contributed by atoms with E-state index >= 15 is 0 Å². The molecule has 0 atom stereocenters. The quantitative estimate of drug-likeness (QED) is 0.373. The van der Waals surface area contributed by atoms with Gasteiger partial charge in [0.1, 0.15) is 11.4 Å². The Labute approximate surface area is 200 Å². The Morgan fingerprint density at radius 1 is 1.03 bits per heavy atom. The van der Waals surface area contributed by atoms with Crippen LogP contribution in [-0.4, -0.2) is 51.3 Å².